The third kappa shape index (κ3) is 5.46. The number of pyridine rings is 1. The van der Waals surface area contributed by atoms with E-state index in [2.05, 4.69) is 30.0 Å². The number of nitrogen functional groups attached to an aromatic ring is 3. The van der Waals surface area contributed by atoms with Gasteiger partial charge in [0, 0.05) is 30.9 Å². The lowest BCUT2D eigenvalue weighted by Gasteiger charge is -2.26. The number of nitrogens with two attached hydrogens (primary N) is 3. The smallest absolute Gasteiger partial charge is 0.292 e. The summed E-state index contributed by atoms with van der Waals surface area (Å²) in [4.78, 5) is 35.8. The van der Waals surface area contributed by atoms with Crippen molar-refractivity contribution in [3.05, 3.63) is 72.9 Å². The second-order valence-corrected chi connectivity index (χ2v) is 12.0. The largest absolute Gasteiger partial charge is 0.424 e. The lowest BCUT2D eigenvalue weighted by molar-refractivity contribution is 0.0298. The minimum Gasteiger partial charge on any atom is -0.424 e. The van der Waals surface area contributed by atoms with Crippen molar-refractivity contribution in [1.82, 2.24) is 44.0 Å². The highest BCUT2D eigenvalue weighted by Gasteiger charge is 2.22. The number of morpholine rings is 1. The van der Waals surface area contributed by atoms with Gasteiger partial charge in [0.15, 0.2) is 16.8 Å². The number of anilines is 3. The molecule has 9 rings (SSSR count). The number of aromatic nitrogens is 8. The fraction of sp³-hybridized carbons (Fsp3) is 0.206. The van der Waals surface area contributed by atoms with Crippen LogP contribution in [-0.2, 0) is 4.74 Å². The van der Waals surface area contributed by atoms with Crippen LogP contribution in [0.1, 0.15) is 30.4 Å². The Hall–Kier alpha value is -6.55. The first-order valence-electron chi connectivity index (χ1n) is 15.9. The van der Waals surface area contributed by atoms with Gasteiger partial charge in [-0.3, -0.25) is 9.20 Å². The highest BCUT2D eigenvalue weighted by atomic mass is 16.5. The second kappa shape index (κ2) is 12.2. The molecule has 252 valence electrons. The van der Waals surface area contributed by atoms with Crippen LogP contribution in [0.25, 0.3) is 61.3 Å². The molecule has 8 aromatic rings. The van der Waals surface area contributed by atoms with Gasteiger partial charge in [0.25, 0.3) is 17.9 Å². The van der Waals surface area contributed by atoms with Crippen LogP contribution in [0.15, 0.2) is 76.1 Å². The standard InChI is InChI=1S/C19H17N5O3.C15H15N7O/c20-19-22-14-9-12(1-3-16(14)27-19)13-2-4-17-21-10-15(24(17)11-13)18(25)23-5-7-26-8-6-23;1-7(2)22-14-11(13(16)18-6-19-14)12(21-22)8-3-4-10-9(5-8)20-15(17)23-10/h1-4,9-11H,5-8H2,(H2,20,22);3-7H,1-2H3,(H2,17,20)(H2,16,18,19). The summed E-state index contributed by atoms with van der Waals surface area (Å²) < 4.78 is 19.6. The molecule has 1 saturated heterocycles. The van der Waals surface area contributed by atoms with Crippen molar-refractivity contribution in [3.8, 4) is 22.4 Å². The van der Waals surface area contributed by atoms with Crippen LogP contribution < -0.4 is 17.2 Å². The first-order valence-corrected chi connectivity index (χ1v) is 15.9. The Bertz CT molecular complexity index is 2540. The third-order valence-corrected chi connectivity index (χ3v) is 8.45. The Kier molecular flexibility index (Phi) is 7.48. The topological polar surface area (TPSA) is 221 Å². The van der Waals surface area contributed by atoms with Crippen LogP contribution in [0, 0.1) is 0 Å². The van der Waals surface area contributed by atoms with Crippen LogP contribution in [-0.4, -0.2) is 76.2 Å². The molecule has 0 aliphatic carbocycles. The van der Waals surface area contributed by atoms with Crippen molar-refractivity contribution >= 4 is 62.6 Å². The summed E-state index contributed by atoms with van der Waals surface area (Å²) in [6.07, 6.45) is 4.99. The Balaban J connectivity index is 0.000000146. The quantitative estimate of drug-likeness (QED) is 0.233. The van der Waals surface area contributed by atoms with E-state index in [1.807, 2.05) is 77.7 Å². The molecule has 16 nitrogen and oxygen atoms in total. The van der Waals surface area contributed by atoms with Gasteiger partial charge in [0.2, 0.25) is 0 Å². The van der Waals surface area contributed by atoms with E-state index >= 15 is 0 Å². The van der Waals surface area contributed by atoms with Crippen molar-refractivity contribution in [3.63, 3.8) is 0 Å². The average molecular weight is 673 g/mol. The van der Waals surface area contributed by atoms with E-state index in [1.54, 1.807) is 11.1 Å². The molecule has 0 spiro atoms. The molecule has 1 fully saturated rings. The molecular formula is C34H32N12O4. The van der Waals surface area contributed by atoms with Gasteiger partial charge in [0.1, 0.15) is 40.2 Å². The minimum absolute atomic E-state index is 0.0392. The number of fused-ring (bicyclic) bond motifs is 4. The maximum absolute atomic E-state index is 12.9. The molecule has 1 aliphatic rings. The van der Waals surface area contributed by atoms with Gasteiger partial charge in [0.05, 0.1) is 24.8 Å². The first-order chi connectivity index (χ1) is 24.2. The predicted molar refractivity (Wildman–Crippen MR) is 187 cm³/mol. The number of amides is 1. The predicted octanol–water partition coefficient (Wildman–Crippen LogP) is 4.58. The molecule has 6 N–H and O–H groups in total. The van der Waals surface area contributed by atoms with E-state index in [4.69, 9.17) is 30.8 Å². The van der Waals surface area contributed by atoms with Gasteiger partial charge < -0.3 is 35.7 Å². The molecule has 0 atom stereocenters. The summed E-state index contributed by atoms with van der Waals surface area (Å²) in [5.41, 5.74) is 25.4. The number of nitrogens with zero attached hydrogens (tertiary/aromatic N) is 9. The normalized spacial score (nSPS) is 13.5. The number of oxazole rings is 2. The van der Waals surface area contributed by atoms with E-state index in [1.165, 1.54) is 6.33 Å². The Morgan fingerprint density at radius 1 is 0.820 bits per heavy atom. The van der Waals surface area contributed by atoms with Gasteiger partial charge in [-0.15, -0.1) is 0 Å². The first kappa shape index (κ1) is 30.8. The molecule has 0 bridgehead atoms. The summed E-state index contributed by atoms with van der Waals surface area (Å²) in [5.74, 6) is 0.361. The molecule has 2 aromatic carbocycles. The number of imidazole rings is 1. The third-order valence-electron chi connectivity index (χ3n) is 8.45. The van der Waals surface area contributed by atoms with Crippen LogP contribution in [0.3, 0.4) is 0 Å². The molecule has 0 saturated carbocycles. The van der Waals surface area contributed by atoms with E-state index in [9.17, 15) is 4.79 Å². The average Bonchev–Trinajstić information content (AvgIpc) is 3.90. The van der Waals surface area contributed by atoms with Gasteiger partial charge in [-0.1, -0.05) is 6.07 Å². The summed E-state index contributed by atoms with van der Waals surface area (Å²) in [7, 11) is 0. The van der Waals surface area contributed by atoms with E-state index in [0.29, 0.717) is 65.7 Å². The SMILES string of the molecule is CC(C)n1nc(-c2ccc3oc(N)nc3c2)c2c(N)ncnc21.Nc1nc2cc(-c3ccc4ncc(C(=O)N5CCOCC5)n4c3)ccc2o1. The van der Waals surface area contributed by atoms with E-state index in [-0.39, 0.29) is 24.0 Å². The Morgan fingerprint density at radius 2 is 1.48 bits per heavy atom. The number of hydrogen-bond donors (Lipinski definition) is 3. The van der Waals surface area contributed by atoms with Gasteiger partial charge in [-0.2, -0.15) is 15.1 Å². The van der Waals surface area contributed by atoms with Crippen LogP contribution in [0.5, 0.6) is 0 Å². The second-order valence-electron chi connectivity index (χ2n) is 12.0. The molecule has 50 heavy (non-hydrogen) atoms. The zero-order chi connectivity index (χ0) is 34.5. The molecule has 1 aliphatic heterocycles. The fourth-order valence-corrected chi connectivity index (χ4v) is 6.01. The number of carbonyl (C=O) groups excluding carboxylic acids is 1. The van der Waals surface area contributed by atoms with Crippen molar-refractivity contribution in [2.45, 2.75) is 19.9 Å². The molecule has 0 radical (unpaired) electrons. The van der Waals surface area contributed by atoms with Gasteiger partial charge >= 0.3 is 0 Å². The number of carbonyl (C=O) groups is 1. The minimum atomic E-state index is -0.0392. The Morgan fingerprint density at radius 3 is 2.18 bits per heavy atom. The van der Waals surface area contributed by atoms with Crippen LogP contribution in [0.4, 0.5) is 17.8 Å². The molecule has 1 amide bonds. The monoisotopic (exact) mass is 672 g/mol. The van der Waals surface area contributed by atoms with E-state index in [0.717, 1.165) is 33.4 Å². The van der Waals surface area contributed by atoms with Crippen LogP contribution >= 0.6 is 0 Å². The van der Waals surface area contributed by atoms with Crippen molar-refractivity contribution in [1.29, 1.82) is 0 Å². The number of ether oxygens (including phenoxy) is 1. The molecular weight excluding hydrogens is 640 g/mol. The summed E-state index contributed by atoms with van der Waals surface area (Å²) in [6, 6.07) is 15.6. The lowest BCUT2D eigenvalue weighted by atomic mass is 10.1. The molecule has 6 aromatic heterocycles. The summed E-state index contributed by atoms with van der Waals surface area (Å²) in [6.45, 7) is 6.39. The summed E-state index contributed by atoms with van der Waals surface area (Å²) >= 11 is 0. The Labute approximate surface area is 283 Å². The maximum atomic E-state index is 12.9. The number of rotatable bonds is 4. The molecule has 0 unspecified atom stereocenters. The molecule has 16 heteroatoms. The number of hydrogen-bond acceptors (Lipinski definition) is 13. The van der Waals surface area contributed by atoms with Gasteiger partial charge in [-0.25, -0.2) is 19.6 Å². The zero-order valence-corrected chi connectivity index (χ0v) is 27.1. The lowest BCUT2D eigenvalue weighted by Crippen LogP contribution is -2.41. The van der Waals surface area contributed by atoms with Crippen molar-refractivity contribution < 1.29 is 18.4 Å². The van der Waals surface area contributed by atoms with Crippen molar-refractivity contribution in [2.24, 2.45) is 0 Å². The molecule has 7 heterocycles. The fourth-order valence-electron chi connectivity index (χ4n) is 6.01. The zero-order valence-electron chi connectivity index (χ0n) is 27.1. The van der Waals surface area contributed by atoms with Crippen LogP contribution in [0.2, 0.25) is 0 Å². The van der Waals surface area contributed by atoms with Crippen molar-refractivity contribution in [2.75, 3.05) is 43.5 Å². The van der Waals surface area contributed by atoms with E-state index < -0.39 is 0 Å². The highest BCUT2D eigenvalue weighted by Crippen LogP contribution is 2.33. The van der Waals surface area contributed by atoms with Gasteiger partial charge in [-0.05, 0) is 67.4 Å². The summed E-state index contributed by atoms with van der Waals surface area (Å²) in [5, 5.41) is 5.41. The highest BCUT2D eigenvalue weighted by molar-refractivity contribution is 5.99. The number of benzene rings is 2. The maximum Gasteiger partial charge on any atom is 0.292 e.